The molecule has 1 aromatic heterocycles. The average Bonchev–Trinajstić information content (AvgIpc) is 3.26. The van der Waals surface area contributed by atoms with E-state index in [1.807, 2.05) is 63.2 Å². The van der Waals surface area contributed by atoms with Gasteiger partial charge >= 0.3 is 5.97 Å². The topological polar surface area (TPSA) is 72.5 Å². The molecule has 1 amide bonds. The smallest absolute Gasteiger partial charge is 0.329 e. The number of hydrogen-bond donors (Lipinski definition) is 1. The zero-order valence-electron chi connectivity index (χ0n) is 17.8. The molecule has 0 aliphatic heterocycles. The lowest BCUT2D eigenvalue weighted by Gasteiger charge is -2.18. The molecule has 5 nitrogen and oxygen atoms in total. The van der Waals surface area contributed by atoms with E-state index in [4.69, 9.17) is 4.74 Å². The molecule has 0 aliphatic rings. The number of rotatable bonds is 8. The number of carbonyl (C=O) groups is 3. The fourth-order valence-electron chi connectivity index (χ4n) is 3.61. The van der Waals surface area contributed by atoms with E-state index in [9.17, 15) is 14.4 Å². The van der Waals surface area contributed by atoms with Crippen LogP contribution in [0.2, 0.25) is 0 Å². The molecule has 0 bridgehead atoms. The predicted octanol–water partition coefficient (Wildman–Crippen LogP) is 4.44. The van der Waals surface area contributed by atoms with Crippen LogP contribution < -0.4 is 5.32 Å². The fourth-order valence-corrected chi connectivity index (χ4v) is 4.24. The number of esters is 1. The van der Waals surface area contributed by atoms with Crippen molar-refractivity contribution < 1.29 is 19.1 Å². The van der Waals surface area contributed by atoms with Crippen molar-refractivity contribution >= 4 is 29.0 Å². The minimum Gasteiger partial charge on any atom is -0.456 e. The number of hydrogen-bond acceptors (Lipinski definition) is 5. The van der Waals surface area contributed by atoms with E-state index in [2.05, 4.69) is 5.32 Å². The molecule has 0 saturated heterocycles. The second-order valence-electron chi connectivity index (χ2n) is 7.50. The van der Waals surface area contributed by atoms with Crippen LogP contribution in [0, 0.1) is 20.8 Å². The number of ketones is 1. The first-order valence-corrected chi connectivity index (χ1v) is 10.9. The summed E-state index contributed by atoms with van der Waals surface area (Å²) in [7, 11) is 0. The van der Waals surface area contributed by atoms with Gasteiger partial charge in [0.2, 0.25) is 5.78 Å². The van der Waals surface area contributed by atoms with Gasteiger partial charge in [0.25, 0.3) is 5.91 Å². The second kappa shape index (κ2) is 10.2. The SMILES string of the molecule is Cc1cc(C)c(C(=O)COC(=O)C(Cc2ccccc2)NC(=O)c2cccs2)c(C)c1. The molecule has 31 heavy (non-hydrogen) atoms. The van der Waals surface area contributed by atoms with E-state index in [0.29, 0.717) is 10.4 Å². The van der Waals surface area contributed by atoms with Crippen LogP contribution >= 0.6 is 11.3 Å². The maximum absolute atomic E-state index is 12.8. The summed E-state index contributed by atoms with van der Waals surface area (Å²) in [6.45, 7) is 5.34. The first-order valence-electron chi connectivity index (χ1n) is 10.0. The van der Waals surface area contributed by atoms with Gasteiger partial charge < -0.3 is 10.1 Å². The maximum Gasteiger partial charge on any atom is 0.329 e. The molecule has 0 fully saturated rings. The number of benzene rings is 2. The highest BCUT2D eigenvalue weighted by Gasteiger charge is 2.25. The Morgan fingerprint density at radius 2 is 1.65 bits per heavy atom. The van der Waals surface area contributed by atoms with Crippen LogP contribution in [0.15, 0.2) is 60.0 Å². The van der Waals surface area contributed by atoms with Gasteiger partial charge in [-0.2, -0.15) is 0 Å². The third-order valence-corrected chi connectivity index (χ3v) is 5.79. The Hall–Kier alpha value is -3.25. The number of amides is 1. The summed E-state index contributed by atoms with van der Waals surface area (Å²) < 4.78 is 5.35. The molecule has 1 N–H and O–H groups in total. The summed E-state index contributed by atoms with van der Waals surface area (Å²) in [5, 5.41) is 4.54. The van der Waals surface area contributed by atoms with Crippen molar-refractivity contribution in [2.24, 2.45) is 0 Å². The van der Waals surface area contributed by atoms with Crippen LogP contribution in [0.4, 0.5) is 0 Å². The van der Waals surface area contributed by atoms with Gasteiger partial charge in [0, 0.05) is 12.0 Å². The Morgan fingerprint density at radius 3 is 2.26 bits per heavy atom. The molecular weight excluding hydrogens is 410 g/mol. The van der Waals surface area contributed by atoms with Crippen molar-refractivity contribution in [1.82, 2.24) is 5.32 Å². The Bertz CT molecular complexity index is 1050. The lowest BCUT2D eigenvalue weighted by Crippen LogP contribution is -2.43. The molecule has 1 atom stereocenters. The molecule has 0 radical (unpaired) electrons. The van der Waals surface area contributed by atoms with Gasteiger partial charge in [0.15, 0.2) is 6.61 Å². The molecule has 1 heterocycles. The van der Waals surface area contributed by atoms with Crippen molar-refractivity contribution in [1.29, 1.82) is 0 Å². The Labute approximate surface area is 186 Å². The van der Waals surface area contributed by atoms with Crippen molar-refractivity contribution in [3.63, 3.8) is 0 Å². The standard InChI is InChI=1S/C25H25NO4S/c1-16-12-17(2)23(18(3)13-16)21(27)15-30-25(29)20(14-19-8-5-4-6-9-19)26-24(28)22-10-7-11-31-22/h4-13,20H,14-15H2,1-3H3,(H,26,28). The van der Waals surface area contributed by atoms with Crippen molar-refractivity contribution in [2.45, 2.75) is 33.2 Å². The zero-order valence-corrected chi connectivity index (χ0v) is 18.6. The van der Waals surface area contributed by atoms with Crippen molar-refractivity contribution in [3.05, 3.63) is 92.7 Å². The molecule has 160 valence electrons. The van der Waals surface area contributed by atoms with Crippen LogP contribution in [0.3, 0.4) is 0 Å². The number of aryl methyl sites for hydroxylation is 3. The van der Waals surface area contributed by atoms with E-state index in [0.717, 1.165) is 22.3 Å². The van der Waals surface area contributed by atoms with Crippen molar-refractivity contribution in [2.75, 3.05) is 6.61 Å². The first kappa shape index (κ1) is 22.4. The summed E-state index contributed by atoms with van der Waals surface area (Å²) in [5.74, 6) is -1.24. The predicted molar refractivity (Wildman–Crippen MR) is 122 cm³/mol. The van der Waals surface area contributed by atoms with E-state index in [1.165, 1.54) is 11.3 Å². The highest BCUT2D eigenvalue weighted by atomic mass is 32.1. The molecule has 0 saturated carbocycles. The van der Waals surface area contributed by atoms with E-state index < -0.39 is 12.0 Å². The largest absolute Gasteiger partial charge is 0.456 e. The van der Waals surface area contributed by atoms with Crippen LogP contribution in [0.25, 0.3) is 0 Å². The summed E-state index contributed by atoms with van der Waals surface area (Å²) in [6, 6.07) is 15.8. The zero-order chi connectivity index (χ0) is 22.4. The molecule has 6 heteroatoms. The van der Waals surface area contributed by atoms with Crippen LogP contribution in [0.1, 0.15) is 42.3 Å². The lowest BCUT2D eigenvalue weighted by atomic mass is 9.97. The molecule has 3 rings (SSSR count). The molecule has 2 aromatic carbocycles. The number of ether oxygens (including phenoxy) is 1. The van der Waals surface area contributed by atoms with E-state index >= 15 is 0 Å². The molecule has 0 aliphatic carbocycles. The summed E-state index contributed by atoms with van der Waals surface area (Å²) >= 11 is 1.29. The summed E-state index contributed by atoms with van der Waals surface area (Å²) in [6.07, 6.45) is 0.271. The average molecular weight is 436 g/mol. The van der Waals surface area contributed by atoms with Gasteiger partial charge in [-0.05, 0) is 48.9 Å². The Kier molecular flexibility index (Phi) is 7.36. The minimum absolute atomic E-state index is 0.258. The highest BCUT2D eigenvalue weighted by Crippen LogP contribution is 2.17. The van der Waals surface area contributed by atoms with Gasteiger partial charge in [-0.25, -0.2) is 4.79 Å². The third-order valence-electron chi connectivity index (χ3n) is 4.92. The van der Waals surface area contributed by atoms with Gasteiger partial charge in [0.1, 0.15) is 6.04 Å². The van der Waals surface area contributed by atoms with E-state index in [1.54, 1.807) is 17.5 Å². The number of Topliss-reactive ketones (excluding diaryl/α,β-unsaturated/α-hetero) is 1. The number of nitrogens with one attached hydrogen (secondary N) is 1. The van der Waals surface area contributed by atoms with Crippen molar-refractivity contribution in [3.8, 4) is 0 Å². The highest BCUT2D eigenvalue weighted by molar-refractivity contribution is 7.12. The quantitative estimate of drug-likeness (QED) is 0.419. The summed E-state index contributed by atoms with van der Waals surface area (Å²) in [4.78, 5) is 38.6. The third kappa shape index (κ3) is 5.89. The molecular formula is C25H25NO4S. The van der Waals surface area contributed by atoms with Gasteiger partial charge in [0.05, 0.1) is 4.88 Å². The van der Waals surface area contributed by atoms with Crippen LogP contribution in [-0.4, -0.2) is 30.3 Å². The van der Waals surface area contributed by atoms with Gasteiger partial charge in [-0.1, -0.05) is 54.1 Å². The Balaban J connectivity index is 1.71. The van der Waals surface area contributed by atoms with Gasteiger partial charge in [-0.3, -0.25) is 9.59 Å². The van der Waals surface area contributed by atoms with Crippen LogP contribution in [0.5, 0.6) is 0 Å². The normalized spacial score (nSPS) is 11.6. The number of carbonyl (C=O) groups excluding carboxylic acids is 3. The molecule has 1 unspecified atom stereocenters. The molecule has 3 aromatic rings. The maximum atomic E-state index is 12.8. The first-order chi connectivity index (χ1) is 14.8. The second-order valence-corrected chi connectivity index (χ2v) is 8.45. The monoisotopic (exact) mass is 435 g/mol. The summed E-state index contributed by atoms with van der Waals surface area (Å²) in [5.41, 5.74) is 4.23. The van der Waals surface area contributed by atoms with Gasteiger partial charge in [-0.15, -0.1) is 11.3 Å². The number of thiophene rings is 1. The Morgan fingerprint density at radius 1 is 0.968 bits per heavy atom. The minimum atomic E-state index is -0.898. The molecule has 0 spiro atoms. The lowest BCUT2D eigenvalue weighted by molar-refractivity contribution is -0.144. The van der Waals surface area contributed by atoms with E-state index in [-0.39, 0.29) is 24.7 Å². The van der Waals surface area contributed by atoms with Crippen LogP contribution in [-0.2, 0) is 16.0 Å². The fraction of sp³-hybridized carbons (Fsp3) is 0.240.